The van der Waals surface area contributed by atoms with Crippen molar-refractivity contribution in [1.82, 2.24) is 25.4 Å². The van der Waals surface area contributed by atoms with Crippen LogP contribution in [-0.4, -0.2) is 64.0 Å². The van der Waals surface area contributed by atoms with Crippen LogP contribution in [0.1, 0.15) is 50.5 Å². The summed E-state index contributed by atoms with van der Waals surface area (Å²) in [7, 11) is 3.13. The summed E-state index contributed by atoms with van der Waals surface area (Å²) in [5.74, 6) is -2.82. The van der Waals surface area contributed by atoms with E-state index in [1.165, 1.54) is 18.7 Å². The van der Waals surface area contributed by atoms with Gasteiger partial charge in [-0.25, -0.2) is 19.4 Å². The summed E-state index contributed by atoms with van der Waals surface area (Å²) in [5.41, 5.74) is 8.60. The molecule has 5 N–H and O–H groups in total. The summed E-state index contributed by atoms with van der Waals surface area (Å²) in [4.78, 5) is 45.2. The van der Waals surface area contributed by atoms with E-state index in [4.69, 9.17) is 5.73 Å². The van der Waals surface area contributed by atoms with Crippen LogP contribution in [0.3, 0.4) is 0 Å². The average Bonchev–Trinajstić information content (AvgIpc) is 3.25. The predicted octanol–water partition coefficient (Wildman–Crippen LogP) is 0.673. The molecule has 2 rings (SSSR count). The number of aromatic nitrogens is 2. The number of anilines is 1. The lowest BCUT2D eigenvalue weighted by molar-refractivity contribution is -0.154. The number of primary amides is 1. The average molecular weight is 454 g/mol. The number of hydroxylamine groups is 2. The maximum atomic E-state index is 15.2. The van der Waals surface area contributed by atoms with Crippen molar-refractivity contribution in [3.8, 4) is 0 Å². The fraction of sp³-hybridized carbons (Fsp3) is 0.650. The van der Waals surface area contributed by atoms with Crippen molar-refractivity contribution in [2.24, 2.45) is 17.6 Å². The second-order valence-electron chi connectivity index (χ2n) is 8.54. The lowest BCUT2D eigenvalue weighted by Crippen LogP contribution is -2.51. The molecule has 0 radical (unpaired) electrons. The summed E-state index contributed by atoms with van der Waals surface area (Å²) >= 11 is 0. The van der Waals surface area contributed by atoms with Gasteiger partial charge in [-0.15, -0.1) is 0 Å². The van der Waals surface area contributed by atoms with E-state index in [0.29, 0.717) is 17.4 Å². The van der Waals surface area contributed by atoms with Crippen LogP contribution in [0.2, 0.25) is 0 Å². The molecular weight excluding hydrogens is 421 g/mol. The van der Waals surface area contributed by atoms with E-state index in [2.05, 4.69) is 20.8 Å². The van der Waals surface area contributed by atoms with Crippen LogP contribution in [0.25, 0.3) is 0 Å². The maximum Gasteiger partial charge on any atom is 0.243 e. The summed E-state index contributed by atoms with van der Waals surface area (Å²) in [5, 5.41) is 10.0. The number of likely N-dealkylation sites (N-methyl/N-ethyl adjacent to an activating group) is 1. The van der Waals surface area contributed by atoms with E-state index >= 15 is 4.39 Å². The van der Waals surface area contributed by atoms with Crippen LogP contribution >= 0.6 is 0 Å². The summed E-state index contributed by atoms with van der Waals surface area (Å²) in [6.45, 7) is 2.77. The molecule has 1 saturated carbocycles. The van der Waals surface area contributed by atoms with Crippen molar-refractivity contribution in [3.05, 3.63) is 17.3 Å². The second kappa shape index (κ2) is 10.6. The SMILES string of the molecule is Cc1nc(NNC(=O)[C@H](CC2CCCC2)CN(O)C=O)c(F)c([C@@](C)(C(N)=O)N(C)C)n1. The number of rotatable bonds is 11. The molecule has 0 aliphatic heterocycles. The minimum absolute atomic E-state index is 0.164. The van der Waals surface area contributed by atoms with Gasteiger partial charge in [-0.3, -0.25) is 35.3 Å². The molecule has 0 spiro atoms. The third-order valence-corrected chi connectivity index (χ3v) is 6.09. The van der Waals surface area contributed by atoms with Gasteiger partial charge in [0.15, 0.2) is 11.6 Å². The third kappa shape index (κ3) is 5.68. The smallest absolute Gasteiger partial charge is 0.243 e. The molecule has 0 unspecified atom stereocenters. The van der Waals surface area contributed by atoms with Gasteiger partial charge in [0, 0.05) is 0 Å². The van der Waals surface area contributed by atoms with Crippen LogP contribution in [-0.2, 0) is 19.9 Å². The lowest BCUT2D eigenvalue weighted by atomic mass is 9.92. The molecule has 1 fully saturated rings. The van der Waals surface area contributed by atoms with Crippen molar-refractivity contribution in [3.63, 3.8) is 0 Å². The molecule has 3 amide bonds. The number of aryl methyl sites for hydroxylation is 1. The van der Waals surface area contributed by atoms with Crippen molar-refractivity contribution < 1.29 is 24.0 Å². The fourth-order valence-corrected chi connectivity index (χ4v) is 3.92. The minimum atomic E-state index is -1.55. The van der Waals surface area contributed by atoms with Crippen molar-refractivity contribution in [2.45, 2.75) is 51.5 Å². The Morgan fingerprint density at radius 1 is 1.34 bits per heavy atom. The molecule has 12 heteroatoms. The number of nitrogens with zero attached hydrogens (tertiary/aromatic N) is 4. The Hall–Kier alpha value is -2.86. The van der Waals surface area contributed by atoms with E-state index in [1.54, 1.807) is 14.1 Å². The van der Waals surface area contributed by atoms with Gasteiger partial charge in [-0.2, -0.15) is 0 Å². The molecule has 1 aliphatic rings. The monoisotopic (exact) mass is 453 g/mol. The van der Waals surface area contributed by atoms with Crippen molar-refractivity contribution in [2.75, 3.05) is 26.1 Å². The van der Waals surface area contributed by atoms with Gasteiger partial charge in [-0.05, 0) is 40.3 Å². The molecule has 1 aliphatic carbocycles. The van der Waals surface area contributed by atoms with Gasteiger partial charge in [0.25, 0.3) is 0 Å². The highest BCUT2D eigenvalue weighted by molar-refractivity contribution is 5.85. The van der Waals surface area contributed by atoms with Crippen molar-refractivity contribution in [1.29, 1.82) is 0 Å². The van der Waals surface area contributed by atoms with Gasteiger partial charge in [0.05, 0.1) is 12.5 Å². The third-order valence-electron chi connectivity index (χ3n) is 6.09. The van der Waals surface area contributed by atoms with Gasteiger partial charge in [-0.1, -0.05) is 25.7 Å². The van der Waals surface area contributed by atoms with Crippen molar-refractivity contribution >= 4 is 24.0 Å². The van der Waals surface area contributed by atoms with Crippen LogP contribution in [0, 0.1) is 24.6 Å². The van der Waals surface area contributed by atoms with E-state index in [1.807, 2.05) is 0 Å². The molecule has 32 heavy (non-hydrogen) atoms. The number of hydrogen-bond donors (Lipinski definition) is 4. The summed E-state index contributed by atoms with van der Waals surface area (Å²) in [6, 6.07) is 0. The highest BCUT2D eigenvalue weighted by Crippen LogP contribution is 2.31. The minimum Gasteiger partial charge on any atom is -0.368 e. The Morgan fingerprint density at radius 3 is 2.50 bits per heavy atom. The topological polar surface area (TPSA) is 154 Å². The standard InChI is InChI=1S/C20H32FN7O4/c1-12-23-16(20(2,19(22)31)27(3)4)15(21)17(24-12)25-26-18(30)14(10-28(32)11-29)9-13-7-5-6-8-13/h11,13-14,32H,5-10H2,1-4H3,(H2,22,31)(H,26,30)(H,23,24,25)/t14-,20+/m1/s1. The molecule has 0 saturated heterocycles. The number of hydrazine groups is 1. The lowest BCUT2D eigenvalue weighted by Gasteiger charge is -2.33. The normalized spacial score (nSPS) is 17.0. The number of carbonyl (C=O) groups is 3. The summed E-state index contributed by atoms with van der Waals surface area (Å²) in [6.07, 6.45) is 4.81. The Bertz CT molecular complexity index is 847. The zero-order chi connectivity index (χ0) is 24.1. The first-order valence-corrected chi connectivity index (χ1v) is 10.5. The predicted molar refractivity (Wildman–Crippen MR) is 113 cm³/mol. The maximum absolute atomic E-state index is 15.2. The number of nitrogens with two attached hydrogens (primary N) is 1. The molecule has 1 aromatic heterocycles. The van der Waals surface area contributed by atoms with Gasteiger partial charge in [0.1, 0.15) is 17.1 Å². The number of carbonyl (C=O) groups excluding carboxylic acids is 3. The van der Waals surface area contributed by atoms with Crippen LogP contribution < -0.4 is 16.6 Å². The fourth-order valence-electron chi connectivity index (χ4n) is 3.92. The van der Waals surface area contributed by atoms with E-state index < -0.39 is 29.1 Å². The Kier molecular flexibility index (Phi) is 8.44. The first kappa shape index (κ1) is 25.4. The van der Waals surface area contributed by atoms with Gasteiger partial charge < -0.3 is 5.73 Å². The van der Waals surface area contributed by atoms with Crippen LogP contribution in [0.15, 0.2) is 0 Å². The van der Waals surface area contributed by atoms with E-state index in [9.17, 15) is 19.6 Å². The zero-order valence-corrected chi connectivity index (χ0v) is 18.9. The van der Waals surface area contributed by atoms with Crippen LogP contribution in [0.5, 0.6) is 0 Å². The zero-order valence-electron chi connectivity index (χ0n) is 18.9. The summed E-state index contributed by atoms with van der Waals surface area (Å²) < 4.78 is 15.2. The van der Waals surface area contributed by atoms with Gasteiger partial charge in [0.2, 0.25) is 18.2 Å². The number of amides is 3. The Labute approximate surface area is 186 Å². The molecule has 0 aromatic carbocycles. The first-order chi connectivity index (χ1) is 15.0. The van der Waals surface area contributed by atoms with Gasteiger partial charge >= 0.3 is 0 Å². The largest absolute Gasteiger partial charge is 0.368 e. The molecular formula is C20H32FN7O4. The van der Waals surface area contributed by atoms with E-state index in [0.717, 1.165) is 25.7 Å². The molecule has 11 nitrogen and oxygen atoms in total. The Balaban J connectivity index is 2.23. The Morgan fingerprint density at radius 2 is 1.97 bits per heavy atom. The first-order valence-electron chi connectivity index (χ1n) is 10.5. The second-order valence-corrected chi connectivity index (χ2v) is 8.54. The van der Waals surface area contributed by atoms with E-state index in [-0.39, 0.29) is 30.3 Å². The molecule has 0 bridgehead atoms. The van der Waals surface area contributed by atoms with Crippen LogP contribution in [0.4, 0.5) is 10.2 Å². The number of nitrogens with one attached hydrogen (secondary N) is 2. The highest BCUT2D eigenvalue weighted by Gasteiger charge is 2.41. The molecule has 2 atom stereocenters. The highest BCUT2D eigenvalue weighted by atomic mass is 19.1. The molecule has 1 aromatic rings. The number of halogens is 1. The molecule has 178 valence electrons. The number of hydrogen-bond acceptors (Lipinski definition) is 8. The quantitative estimate of drug-likeness (QED) is 0.217. The molecule has 1 heterocycles.